The number of aromatic nitrogens is 1. The van der Waals surface area contributed by atoms with Gasteiger partial charge in [0, 0.05) is 6.61 Å². The highest BCUT2D eigenvalue weighted by Crippen LogP contribution is 2.29. The Morgan fingerprint density at radius 2 is 2.44 bits per heavy atom. The summed E-state index contributed by atoms with van der Waals surface area (Å²) in [5.74, 6) is -0.899. The van der Waals surface area contributed by atoms with Crippen molar-refractivity contribution in [2.75, 3.05) is 13.7 Å². The predicted molar refractivity (Wildman–Crippen MR) is 55.7 cm³/mol. The number of methoxy groups -OCH3 is 1. The fourth-order valence-electron chi connectivity index (χ4n) is 1.76. The van der Waals surface area contributed by atoms with Crippen molar-refractivity contribution in [3.8, 4) is 5.88 Å². The van der Waals surface area contributed by atoms with Crippen molar-refractivity contribution < 1.29 is 19.4 Å². The lowest BCUT2D eigenvalue weighted by atomic mass is 10.1. The SMILES string of the molecule is COc1nc(C2CCCO2)ccc1C(=O)O. The van der Waals surface area contributed by atoms with E-state index in [-0.39, 0.29) is 17.5 Å². The third-order valence-corrected chi connectivity index (χ3v) is 2.57. The van der Waals surface area contributed by atoms with Crippen LogP contribution in [-0.4, -0.2) is 29.8 Å². The van der Waals surface area contributed by atoms with Crippen LogP contribution in [0.5, 0.6) is 5.88 Å². The van der Waals surface area contributed by atoms with Gasteiger partial charge in [0.25, 0.3) is 0 Å². The second-order valence-electron chi connectivity index (χ2n) is 3.60. The van der Waals surface area contributed by atoms with Crippen LogP contribution >= 0.6 is 0 Å². The standard InChI is InChI=1S/C11H13NO4/c1-15-10-7(11(13)14)4-5-8(12-10)9-3-2-6-16-9/h4-5,9H,2-3,6H2,1H3,(H,13,14). The van der Waals surface area contributed by atoms with Gasteiger partial charge in [0.1, 0.15) is 5.56 Å². The Morgan fingerprint density at radius 1 is 1.62 bits per heavy atom. The van der Waals surface area contributed by atoms with E-state index in [4.69, 9.17) is 14.6 Å². The van der Waals surface area contributed by atoms with E-state index in [1.54, 1.807) is 6.07 Å². The summed E-state index contributed by atoms with van der Waals surface area (Å²) >= 11 is 0. The number of rotatable bonds is 3. The van der Waals surface area contributed by atoms with Gasteiger partial charge in [-0.15, -0.1) is 0 Å². The van der Waals surface area contributed by atoms with Gasteiger partial charge >= 0.3 is 5.97 Å². The van der Waals surface area contributed by atoms with Gasteiger partial charge in [-0.05, 0) is 25.0 Å². The molecule has 0 amide bonds. The molecule has 1 unspecified atom stereocenters. The van der Waals surface area contributed by atoms with Crippen LogP contribution in [0.3, 0.4) is 0 Å². The van der Waals surface area contributed by atoms with E-state index < -0.39 is 5.97 Å². The van der Waals surface area contributed by atoms with E-state index in [2.05, 4.69) is 4.98 Å². The number of nitrogens with zero attached hydrogens (tertiary/aromatic N) is 1. The summed E-state index contributed by atoms with van der Waals surface area (Å²) in [6, 6.07) is 3.19. The minimum absolute atomic E-state index is 0.0308. The monoisotopic (exact) mass is 223 g/mol. The first kappa shape index (κ1) is 10.9. The van der Waals surface area contributed by atoms with Crippen molar-refractivity contribution in [1.29, 1.82) is 0 Å². The molecule has 5 heteroatoms. The zero-order chi connectivity index (χ0) is 11.5. The molecular weight excluding hydrogens is 210 g/mol. The van der Waals surface area contributed by atoms with Crippen molar-refractivity contribution >= 4 is 5.97 Å². The molecule has 1 N–H and O–H groups in total. The lowest BCUT2D eigenvalue weighted by Gasteiger charge is -2.11. The molecule has 1 fully saturated rings. The number of hydrogen-bond acceptors (Lipinski definition) is 4. The average molecular weight is 223 g/mol. The largest absolute Gasteiger partial charge is 0.480 e. The van der Waals surface area contributed by atoms with Crippen molar-refractivity contribution in [2.45, 2.75) is 18.9 Å². The fourth-order valence-corrected chi connectivity index (χ4v) is 1.76. The minimum Gasteiger partial charge on any atom is -0.480 e. The number of carboxylic acid groups (broad SMARTS) is 1. The summed E-state index contributed by atoms with van der Waals surface area (Å²) in [4.78, 5) is 15.0. The van der Waals surface area contributed by atoms with Crippen LogP contribution in [0.1, 0.15) is 35.0 Å². The summed E-state index contributed by atoms with van der Waals surface area (Å²) in [5.41, 5.74) is 0.809. The quantitative estimate of drug-likeness (QED) is 0.843. The van der Waals surface area contributed by atoms with Crippen LogP contribution in [0, 0.1) is 0 Å². The van der Waals surface area contributed by atoms with E-state index in [9.17, 15) is 4.79 Å². The smallest absolute Gasteiger partial charge is 0.341 e. The van der Waals surface area contributed by atoms with Crippen molar-refractivity contribution in [3.05, 3.63) is 23.4 Å². The lowest BCUT2D eigenvalue weighted by Crippen LogP contribution is -2.06. The van der Waals surface area contributed by atoms with Gasteiger partial charge < -0.3 is 14.6 Å². The first-order valence-corrected chi connectivity index (χ1v) is 5.12. The number of aromatic carboxylic acids is 1. The maximum atomic E-state index is 10.9. The molecule has 0 bridgehead atoms. The topological polar surface area (TPSA) is 68.7 Å². The van der Waals surface area contributed by atoms with Gasteiger partial charge in [-0.1, -0.05) is 0 Å². The Bertz CT molecular complexity index is 399. The third-order valence-electron chi connectivity index (χ3n) is 2.57. The van der Waals surface area contributed by atoms with Crippen LogP contribution < -0.4 is 4.74 Å². The molecule has 5 nitrogen and oxygen atoms in total. The normalized spacial score (nSPS) is 19.7. The molecule has 1 saturated heterocycles. The van der Waals surface area contributed by atoms with E-state index in [0.717, 1.165) is 25.1 Å². The highest BCUT2D eigenvalue weighted by atomic mass is 16.5. The van der Waals surface area contributed by atoms with Crippen LogP contribution in [0.25, 0.3) is 0 Å². The molecule has 0 radical (unpaired) electrons. The first-order chi connectivity index (χ1) is 7.72. The molecule has 1 atom stereocenters. The molecule has 0 saturated carbocycles. The van der Waals surface area contributed by atoms with E-state index in [1.165, 1.54) is 13.2 Å². The average Bonchev–Trinajstić information content (AvgIpc) is 2.81. The molecule has 86 valence electrons. The van der Waals surface area contributed by atoms with Crippen molar-refractivity contribution in [2.24, 2.45) is 0 Å². The molecule has 0 aromatic carbocycles. The van der Waals surface area contributed by atoms with Gasteiger partial charge in [-0.3, -0.25) is 0 Å². The number of carboxylic acids is 1. The minimum atomic E-state index is -1.04. The van der Waals surface area contributed by atoms with Crippen LogP contribution in [-0.2, 0) is 4.74 Å². The van der Waals surface area contributed by atoms with Crippen LogP contribution in [0.2, 0.25) is 0 Å². The second kappa shape index (κ2) is 4.49. The van der Waals surface area contributed by atoms with Gasteiger partial charge in [-0.2, -0.15) is 0 Å². The van der Waals surface area contributed by atoms with E-state index in [0.29, 0.717) is 0 Å². The number of ether oxygens (including phenoxy) is 2. The molecule has 2 heterocycles. The summed E-state index contributed by atoms with van der Waals surface area (Å²) in [7, 11) is 1.41. The zero-order valence-corrected chi connectivity index (χ0v) is 8.97. The van der Waals surface area contributed by atoms with Gasteiger partial charge in [0.15, 0.2) is 0 Å². The lowest BCUT2D eigenvalue weighted by molar-refractivity contribution is 0.0691. The van der Waals surface area contributed by atoms with Crippen LogP contribution in [0.15, 0.2) is 12.1 Å². The maximum absolute atomic E-state index is 10.9. The highest BCUT2D eigenvalue weighted by molar-refractivity contribution is 5.90. The summed E-state index contributed by atoms with van der Waals surface area (Å²) in [6.45, 7) is 0.731. The summed E-state index contributed by atoms with van der Waals surface area (Å²) in [5, 5.41) is 8.90. The Labute approximate surface area is 93.0 Å². The number of carbonyl (C=O) groups is 1. The number of hydrogen-bond donors (Lipinski definition) is 1. The Kier molecular flexibility index (Phi) is 3.05. The molecule has 1 aliphatic rings. The molecule has 2 rings (SSSR count). The summed E-state index contributed by atoms with van der Waals surface area (Å²) in [6.07, 6.45) is 1.90. The molecule has 1 aromatic heterocycles. The predicted octanol–water partition coefficient (Wildman–Crippen LogP) is 1.64. The first-order valence-electron chi connectivity index (χ1n) is 5.12. The molecule has 0 aliphatic carbocycles. The highest BCUT2D eigenvalue weighted by Gasteiger charge is 2.21. The van der Waals surface area contributed by atoms with Crippen molar-refractivity contribution in [3.63, 3.8) is 0 Å². The maximum Gasteiger partial charge on any atom is 0.341 e. The van der Waals surface area contributed by atoms with Gasteiger partial charge in [0.05, 0.1) is 18.9 Å². The molecular formula is C11H13NO4. The second-order valence-corrected chi connectivity index (χ2v) is 3.60. The Morgan fingerprint density at radius 3 is 3.00 bits per heavy atom. The summed E-state index contributed by atoms with van der Waals surface area (Å²) < 4.78 is 10.4. The molecule has 16 heavy (non-hydrogen) atoms. The van der Waals surface area contributed by atoms with E-state index >= 15 is 0 Å². The Balaban J connectivity index is 2.32. The molecule has 1 aliphatic heterocycles. The van der Waals surface area contributed by atoms with Crippen molar-refractivity contribution in [1.82, 2.24) is 4.98 Å². The van der Waals surface area contributed by atoms with Gasteiger partial charge in [-0.25, -0.2) is 9.78 Å². The van der Waals surface area contributed by atoms with Gasteiger partial charge in [0.2, 0.25) is 5.88 Å². The molecule has 1 aromatic rings. The van der Waals surface area contributed by atoms with E-state index in [1.807, 2.05) is 0 Å². The molecule has 0 spiro atoms. The number of pyridine rings is 1. The fraction of sp³-hybridized carbons (Fsp3) is 0.455. The van der Waals surface area contributed by atoms with Crippen LogP contribution in [0.4, 0.5) is 0 Å². The zero-order valence-electron chi connectivity index (χ0n) is 8.97. The third kappa shape index (κ3) is 1.99. The Hall–Kier alpha value is -1.62.